The van der Waals surface area contributed by atoms with E-state index in [1.54, 1.807) is 6.92 Å². The van der Waals surface area contributed by atoms with Crippen LogP contribution >= 0.6 is 0 Å². The van der Waals surface area contributed by atoms with Crippen molar-refractivity contribution in [1.82, 2.24) is 0 Å². The lowest BCUT2D eigenvalue weighted by Crippen LogP contribution is -2.10. The van der Waals surface area contributed by atoms with Crippen LogP contribution in [0.15, 0.2) is 38.1 Å². The molecule has 2 aromatic heterocycles. The Kier molecular flexibility index (Phi) is 2.26. The molecule has 0 spiro atoms. The Morgan fingerprint density at radius 3 is 2.47 bits per heavy atom. The van der Waals surface area contributed by atoms with E-state index in [4.69, 9.17) is 8.83 Å². The number of hydrogen-bond donors (Lipinski definition) is 0. The second-order valence-electron chi connectivity index (χ2n) is 4.24. The van der Waals surface area contributed by atoms with Crippen LogP contribution in [0.3, 0.4) is 0 Å². The molecule has 1 aromatic carbocycles. The SMILES string of the molecule is Cc1coc2cc3oc(=O)cc(C(F)(F)F)c3cc12. The maximum Gasteiger partial charge on any atom is 0.417 e. The highest BCUT2D eigenvalue weighted by Gasteiger charge is 2.34. The van der Waals surface area contributed by atoms with Crippen LogP contribution in [0.4, 0.5) is 13.2 Å². The summed E-state index contributed by atoms with van der Waals surface area (Å²) in [6, 6.07) is 3.09. The van der Waals surface area contributed by atoms with Crippen molar-refractivity contribution in [2.24, 2.45) is 0 Å². The first kappa shape index (κ1) is 11.8. The van der Waals surface area contributed by atoms with E-state index in [0.29, 0.717) is 17.0 Å². The average Bonchev–Trinajstić information content (AvgIpc) is 2.66. The highest BCUT2D eigenvalue weighted by Crippen LogP contribution is 2.36. The number of benzene rings is 1. The van der Waals surface area contributed by atoms with E-state index >= 15 is 0 Å². The predicted molar refractivity (Wildman–Crippen MR) is 62.0 cm³/mol. The normalized spacial score (nSPS) is 12.4. The van der Waals surface area contributed by atoms with Crippen LogP contribution in [0.1, 0.15) is 11.1 Å². The third-order valence-corrected chi connectivity index (χ3v) is 2.94. The van der Waals surface area contributed by atoms with Gasteiger partial charge in [0, 0.05) is 22.9 Å². The summed E-state index contributed by atoms with van der Waals surface area (Å²) in [6.07, 6.45) is -3.17. The van der Waals surface area contributed by atoms with Crippen molar-refractivity contribution >= 4 is 21.9 Å². The summed E-state index contributed by atoms with van der Waals surface area (Å²) in [6.45, 7) is 1.73. The van der Waals surface area contributed by atoms with Crippen LogP contribution in [0.2, 0.25) is 0 Å². The molecule has 3 nitrogen and oxygen atoms in total. The van der Waals surface area contributed by atoms with Crippen LogP contribution in [0.5, 0.6) is 0 Å². The third-order valence-electron chi connectivity index (χ3n) is 2.94. The number of fused-ring (bicyclic) bond motifs is 2. The number of hydrogen-bond acceptors (Lipinski definition) is 3. The van der Waals surface area contributed by atoms with Crippen molar-refractivity contribution < 1.29 is 22.0 Å². The molecule has 98 valence electrons. The molecule has 0 aliphatic carbocycles. The molecule has 6 heteroatoms. The standard InChI is InChI=1S/C13H7F3O3/c1-6-5-18-10-4-11-8(2-7(6)10)9(13(14,15)16)3-12(17)19-11/h2-5H,1H3. The first-order valence-corrected chi connectivity index (χ1v) is 5.39. The van der Waals surface area contributed by atoms with Gasteiger partial charge in [-0.25, -0.2) is 4.79 Å². The molecule has 0 amide bonds. The zero-order valence-corrected chi connectivity index (χ0v) is 9.67. The van der Waals surface area contributed by atoms with Gasteiger partial charge in [0.25, 0.3) is 0 Å². The maximum atomic E-state index is 12.9. The summed E-state index contributed by atoms with van der Waals surface area (Å²) >= 11 is 0. The smallest absolute Gasteiger partial charge is 0.417 e. The molecule has 19 heavy (non-hydrogen) atoms. The second kappa shape index (κ2) is 3.63. The fourth-order valence-electron chi connectivity index (χ4n) is 2.05. The number of aryl methyl sites for hydroxylation is 1. The molecule has 0 N–H and O–H groups in total. The highest BCUT2D eigenvalue weighted by molar-refractivity contribution is 5.96. The maximum absolute atomic E-state index is 12.9. The third kappa shape index (κ3) is 1.80. The second-order valence-corrected chi connectivity index (χ2v) is 4.24. The minimum absolute atomic E-state index is 0.137. The van der Waals surface area contributed by atoms with E-state index in [-0.39, 0.29) is 11.0 Å². The minimum atomic E-state index is -4.61. The molecule has 0 radical (unpaired) electrons. The van der Waals surface area contributed by atoms with Gasteiger partial charge in [-0.3, -0.25) is 0 Å². The Hall–Kier alpha value is -2.24. The predicted octanol–water partition coefficient (Wildman–Crippen LogP) is 3.87. The quantitative estimate of drug-likeness (QED) is 0.581. The number of alkyl halides is 3. The van der Waals surface area contributed by atoms with E-state index in [1.807, 2.05) is 0 Å². The summed E-state index contributed by atoms with van der Waals surface area (Å²) in [5.41, 5.74) is -1.07. The van der Waals surface area contributed by atoms with Crippen LogP contribution in [-0.4, -0.2) is 0 Å². The molecular formula is C13H7F3O3. The summed E-state index contributed by atoms with van der Waals surface area (Å²) in [5.74, 6) is 0. The first-order chi connectivity index (χ1) is 8.86. The Bertz CT molecular complexity index is 840. The Morgan fingerprint density at radius 1 is 1.05 bits per heavy atom. The molecule has 0 fully saturated rings. The lowest BCUT2D eigenvalue weighted by atomic mass is 10.1. The van der Waals surface area contributed by atoms with Crippen LogP contribution in [-0.2, 0) is 6.18 Å². The molecule has 0 saturated carbocycles. The van der Waals surface area contributed by atoms with Gasteiger partial charge in [0.1, 0.15) is 11.2 Å². The fourth-order valence-corrected chi connectivity index (χ4v) is 2.05. The van der Waals surface area contributed by atoms with Crippen LogP contribution < -0.4 is 5.63 Å². The molecule has 3 aromatic rings. The number of rotatable bonds is 0. The van der Waals surface area contributed by atoms with Crippen molar-refractivity contribution in [3.05, 3.63) is 46.0 Å². The van der Waals surface area contributed by atoms with Crippen molar-refractivity contribution in [2.75, 3.05) is 0 Å². The first-order valence-electron chi connectivity index (χ1n) is 5.39. The van der Waals surface area contributed by atoms with Gasteiger partial charge in [0.2, 0.25) is 0 Å². The summed E-state index contributed by atoms with van der Waals surface area (Å²) in [4.78, 5) is 11.2. The molecule has 0 bridgehead atoms. The van der Waals surface area contributed by atoms with Crippen LogP contribution in [0, 0.1) is 6.92 Å². The van der Waals surface area contributed by atoms with E-state index in [0.717, 1.165) is 5.56 Å². The molecule has 2 heterocycles. The van der Waals surface area contributed by atoms with E-state index in [1.165, 1.54) is 18.4 Å². The molecular weight excluding hydrogens is 261 g/mol. The number of halogens is 3. The molecule has 0 unspecified atom stereocenters. The summed E-state index contributed by atoms with van der Waals surface area (Å²) in [7, 11) is 0. The zero-order chi connectivity index (χ0) is 13.8. The zero-order valence-electron chi connectivity index (χ0n) is 9.67. The van der Waals surface area contributed by atoms with Gasteiger partial charge in [-0.1, -0.05) is 0 Å². The minimum Gasteiger partial charge on any atom is -0.464 e. The van der Waals surface area contributed by atoms with Crippen molar-refractivity contribution in [1.29, 1.82) is 0 Å². The average molecular weight is 268 g/mol. The van der Waals surface area contributed by atoms with Crippen molar-refractivity contribution in [2.45, 2.75) is 13.1 Å². The van der Waals surface area contributed by atoms with Gasteiger partial charge in [0.05, 0.1) is 11.8 Å². The molecule has 0 saturated heterocycles. The van der Waals surface area contributed by atoms with E-state index < -0.39 is 17.4 Å². The van der Waals surface area contributed by atoms with Gasteiger partial charge >= 0.3 is 11.8 Å². The molecule has 0 aliphatic rings. The monoisotopic (exact) mass is 268 g/mol. The van der Waals surface area contributed by atoms with Gasteiger partial charge in [-0.05, 0) is 18.6 Å². The Balaban J connectivity index is 2.52. The summed E-state index contributed by atoms with van der Waals surface area (Å²) < 4.78 is 48.7. The van der Waals surface area contributed by atoms with Gasteiger partial charge < -0.3 is 8.83 Å². The van der Waals surface area contributed by atoms with Crippen LogP contribution in [0.25, 0.3) is 21.9 Å². The van der Waals surface area contributed by atoms with Crippen molar-refractivity contribution in [3.8, 4) is 0 Å². The molecule has 0 aliphatic heterocycles. The lowest BCUT2D eigenvalue weighted by Gasteiger charge is -2.08. The molecule has 0 atom stereocenters. The van der Waals surface area contributed by atoms with Gasteiger partial charge in [-0.2, -0.15) is 13.2 Å². The fraction of sp³-hybridized carbons (Fsp3) is 0.154. The largest absolute Gasteiger partial charge is 0.464 e. The Morgan fingerprint density at radius 2 is 1.79 bits per heavy atom. The van der Waals surface area contributed by atoms with E-state index in [2.05, 4.69) is 0 Å². The molecule has 3 rings (SSSR count). The summed E-state index contributed by atoms with van der Waals surface area (Å²) in [5, 5.41) is 0.413. The lowest BCUT2D eigenvalue weighted by molar-refractivity contribution is -0.136. The Labute approximate surface area is 104 Å². The van der Waals surface area contributed by atoms with Crippen molar-refractivity contribution in [3.63, 3.8) is 0 Å². The van der Waals surface area contributed by atoms with Gasteiger partial charge in [0.15, 0.2) is 0 Å². The van der Waals surface area contributed by atoms with Gasteiger partial charge in [-0.15, -0.1) is 0 Å². The topological polar surface area (TPSA) is 43.4 Å². The number of furan rings is 1. The highest BCUT2D eigenvalue weighted by atomic mass is 19.4. The van der Waals surface area contributed by atoms with E-state index in [9.17, 15) is 18.0 Å².